The van der Waals surface area contributed by atoms with Crippen molar-refractivity contribution in [3.05, 3.63) is 83.1 Å². The summed E-state index contributed by atoms with van der Waals surface area (Å²) < 4.78 is 20.1. The lowest BCUT2D eigenvalue weighted by Crippen LogP contribution is -2.21. The van der Waals surface area contributed by atoms with Gasteiger partial charge in [0.2, 0.25) is 0 Å². The van der Waals surface area contributed by atoms with Gasteiger partial charge in [-0.25, -0.2) is 14.2 Å². The molecule has 0 amide bonds. The van der Waals surface area contributed by atoms with E-state index in [4.69, 9.17) is 15.6 Å². The van der Waals surface area contributed by atoms with Crippen molar-refractivity contribution in [3.8, 4) is 5.75 Å². The molecular weight excluding hydrogens is 385 g/mol. The van der Waals surface area contributed by atoms with Crippen molar-refractivity contribution in [2.24, 2.45) is 0 Å². The van der Waals surface area contributed by atoms with E-state index in [1.807, 2.05) is 6.07 Å². The van der Waals surface area contributed by atoms with Crippen LogP contribution in [0.4, 0.5) is 10.2 Å². The summed E-state index contributed by atoms with van der Waals surface area (Å²) in [5.74, 6) is -0.0745. The summed E-state index contributed by atoms with van der Waals surface area (Å²) in [7, 11) is 0. The Bertz CT molecular complexity index is 1030. The number of nitrogen functional groups attached to an aromatic ring is 1. The molecule has 1 fully saturated rings. The third-order valence-corrected chi connectivity index (χ3v) is 5.52. The lowest BCUT2D eigenvalue weighted by Gasteiger charge is -2.35. The highest BCUT2D eigenvalue weighted by atomic mass is 19.1. The topological polar surface area (TPSA) is 98.3 Å². The Morgan fingerprint density at radius 1 is 1.10 bits per heavy atom. The minimum absolute atomic E-state index is 0.223. The second kappa shape index (κ2) is 8.49. The molecule has 6 nitrogen and oxygen atoms in total. The number of halogens is 1. The van der Waals surface area contributed by atoms with Crippen LogP contribution >= 0.6 is 0 Å². The quantitative estimate of drug-likeness (QED) is 0.610. The second-order valence-electron chi connectivity index (χ2n) is 7.52. The van der Waals surface area contributed by atoms with Crippen LogP contribution in [0.2, 0.25) is 0 Å². The van der Waals surface area contributed by atoms with Crippen LogP contribution in [-0.4, -0.2) is 27.7 Å². The van der Waals surface area contributed by atoms with Crippen molar-refractivity contribution in [2.45, 2.75) is 31.1 Å². The molecular formula is C23H22FN3O3. The van der Waals surface area contributed by atoms with E-state index in [9.17, 15) is 9.18 Å². The summed E-state index contributed by atoms with van der Waals surface area (Å²) in [4.78, 5) is 19.3. The molecule has 2 aromatic carbocycles. The smallest absolute Gasteiger partial charge is 0.335 e. The first-order valence-electron chi connectivity index (χ1n) is 9.81. The van der Waals surface area contributed by atoms with E-state index in [2.05, 4.69) is 9.97 Å². The van der Waals surface area contributed by atoms with Crippen LogP contribution in [0.5, 0.6) is 5.75 Å². The van der Waals surface area contributed by atoms with Gasteiger partial charge < -0.3 is 15.6 Å². The van der Waals surface area contributed by atoms with Crippen molar-refractivity contribution in [3.63, 3.8) is 0 Å². The number of carbonyl (C=O) groups is 1. The van der Waals surface area contributed by atoms with Crippen LogP contribution in [-0.2, 0) is 6.42 Å². The summed E-state index contributed by atoms with van der Waals surface area (Å²) in [5, 5.41) is 8.92. The van der Waals surface area contributed by atoms with Gasteiger partial charge in [-0.05, 0) is 54.2 Å². The molecule has 0 radical (unpaired) electrons. The van der Waals surface area contributed by atoms with E-state index in [1.54, 1.807) is 48.8 Å². The number of ether oxygens (including phenoxy) is 1. The number of rotatable bonds is 7. The number of hydrogen-bond acceptors (Lipinski definition) is 5. The van der Waals surface area contributed by atoms with Crippen LogP contribution in [0.15, 0.2) is 54.9 Å². The third kappa shape index (κ3) is 4.40. The molecule has 4 rings (SSSR count). The summed E-state index contributed by atoms with van der Waals surface area (Å²) in [6, 6.07) is 11.7. The first-order valence-corrected chi connectivity index (χ1v) is 9.81. The molecule has 1 aromatic heterocycles. The van der Waals surface area contributed by atoms with E-state index >= 15 is 0 Å². The maximum absolute atomic E-state index is 14.5. The zero-order valence-electron chi connectivity index (χ0n) is 16.3. The molecule has 0 bridgehead atoms. The SMILES string of the molecule is Nc1cnc(C2CC(c3ccc(OCCc4ccc(C(=O)O)cc4)c(F)c3)C2)cn1. The zero-order valence-corrected chi connectivity index (χ0v) is 16.3. The molecule has 0 aliphatic heterocycles. The Morgan fingerprint density at radius 3 is 2.50 bits per heavy atom. The highest BCUT2D eigenvalue weighted by Gasteiger charge is 2.33. The van der Waals surface area contributed by atoms with Crippen molar-refractivity contribution in [1.29, 1.82) is 0 Å². The number of aromatic nitrogens is 2. The first kappa shape index (κ1) is 19.8. The number of nitrogens with two attached hydrogens (primary N) is 1. The minimum atomic E-state index is -0.959. The number of carboxylic acid groups (broad SMARTS) is 1. The summed E-state index contributed by atoms with van der Waals surface area (Å²) in [6.07, 6.45) is 5.65. The van der Waals surface area contributed by atoms with Crippen LogP contribution in [0.1, 0.15) is 51.9 Å². The Kier molecular flexibility index (Phi) is 5.61. The molecule has 3 aromatic rings. The van der Waals surface area contributed by atoms with E-state index in [-0.39, 0.29) is 17.1 Å². The normalized spacial score (nSPS) is 17.9. The zero-order chi connectivity index (χ0) is 21.1. The van der Waals surface area contributed by atoms with E-state index in [0.717, 1.165) is 29.7 Å². The molecule has 3 N–H and O–H groups in total. The van der Waals surface area contributed by atoms with E-state index in [1.165, 1.54) is 0 Å². The highest BCUT2D eigenvalue weighted by Crippen LogP contribution is 2.47. The predicted molar refractivity (Wildman–Crippen MR) is 110 cm³/mol. The Morgan fingerprint density at radius 2 is 1.87 bits per heavy atom. The third-order valence-electron chi connectivity index (χ3n) is 5.52. The van der Waals surface area contributed by atoms with Gasteiger partial charge in [0.1, 0.15) is 5.82 Å². The molecule has 0 spiro atoms. The van der Waals surface area contributed by atoms with Crippen molar-refractivity contribution in [1.82, 2.24) is 9.97 Å². The molecule has 0 saturated heterocycles. The van der Waals surface area contributed by atoms with Crippen LogP contribution < -0.4 is 10.5 Å². The number of benzene rings is 2. The maximum atomic E-state index is 14.5. The van der Waals surface area contributed by atoms with E-state index in [0.29, 0.717) is 30.7 Å². The van der Waals surface area contributed by atoms with Gasteiger partial charge in [0.25, 0.3) is 0 Å². The Labute approximate surface area is 173 Å². The lowest BCUT2D eigenvalue weighted by atomic mass is 9.70. The minimum Gasteiger partial charge on any atom is -0.490 e. The largest absolute Gasteiger partial charge is 0.490 e. The predicted octanol–water partition coefficient (Wildman–Crippen LogP) is 4.18. The summed E-state index contributed by atoms with van der Waals surface area (Å²) in [5.41, 5.74) is 8.63. The van der Waals surface area contributed by atoms with Crippen LogP contribution in [0.25, 0.3) is 0 Å². The molecule has 1 saturated carbocycles. The number of nitrogens with zero attached hydrogens (tertiary/aromatic N) is 2. The highest BCUT2D eigenvalue weighted by molar-refractivity contribution is 5.87. The van der Waals surface area contributed by atoms with Crippen molar-refractivity contribution >= 4 is 11.8 Å². The average molecular weight is 407 g/mol. The number of anilines is 1. The maximum Gasteiger partial charge on any atom is 0.335 e. The molecule has 0 atom stereocenters. The molecule has 154 valence electrons. The van der Waals surface area contributed by atoms with Gasteiger partial charge in [-0.1, -0.05) is 18.2 Å². The fourth-order valence-corrected chi connectivity index (χ4v) is 3.67. The second-order valence-corrected chi connectivity index (χ2v) is 7.52. The van der Waals surface area contributed by atoms with Gasteiger partial charge in [-0.2, -0.15) is 0 Å². The fourth-order valence-electron chi connectivity index (χ4n) is 3.67. The van der Waals surface area contributed by atoms with Gasteiger partial charge in [0, 0.05) is 12.3 Å². The van der Waals surface area contributed by atoms with Crippen LogP contribution in [0, 0.1) is 5.82 Å². The lowest BCUT2D eigenvalue weighted by molar-refractivity contribution is 0.0697. The summed E-state index contributed by atoms with van der Waals surface area (Å²) >= 11 is 0. The Hall–Kier alpha value is -3.48. The van der Waals surface area contributed by atoms with Crippen molar-refractivity contribution < 1.29 is 19.0 Å². The molecule has 1 aliphatic carbocycles. The summed E-state index contributed by atoms with van der Waals surface area (Å²) in [6.45, 7) is 0.310. The first-order chi connectivity index (χ1) is 14.5. The molecule has 7 heteroatoms. The molecule has 30 heavy (non-hydrogen) atoms. The van der Waals surface area contributed by atoms with Gasteiger partial charge in [0.15, 0.2) is 11.6 Å². The van der Waals surface area contributed by atoms with Gasteiger partial charge in [0.05, 0.1) is 30.3 Å². The van der Waals surface area contributed by atoms with E-state index < -0.39 is 5.97 Å². The van der Waals surface area contributed by atoms with Gasteiger partial charge in [-0.3, -0.25) is 4.98 Å². The van der Waals surface area contributed by atoms with Gasteiger partial charge in [-0.15, -0.1) is 0 Å². The molecule has 0 unspecified atom stereocenters. The average Bonchev–Trinajstić information content (AvgIpc) is 2.70. The standard InChI is InChI=1S/C23H22FN3O3/c24-19-11-16(17-9-18(10-17)20-12-27-22(25)13-26-20)5-6-21(19)30-8-7-14-1-3-15(4-2-14)23(28)29/h1-6,11-13,17-18H,7-10H2,(H2,25,27)(H,28,29). The number of aromatic carboxylic acids is 1. The molecule has 1 aliphatic rings. The number of carboxylic acids is 1. The molecule has 1 heterocycles. The Balaban J connectivity index is 1.29. The monoisotopic (exact) mass is 407 g/mol. The fraction of sp³-hybridized carbons (Fsp3) is 0.261. The van der Waals surface area contributed by atoms with Gasteiger partial charge >= 0.3 is 5.97 Å². The number of hydrogen-bond donors (Lipinski definition) is 2. The van der Waals surface area contributed by atoms with Crippen LogP contribution in [0.3, 0.4) is 0 Å². The van der Waals surface area contributed by atoms with Crippen molar-refractivity contribution in [2.75, 3.05) is 12.3 Å².